The van der Waals surface area contributed by atoms with E-state index in [1.165, 1.54) is 11.8 Å². The molecule has 102 valence electrons. The lowest BCUT2D eigenvalue weighted by atomic mass is 10.4. The van der Waals surface area contributed by atoms with Gasteiger partial charge in [-0.1, -0.05) is 23.5 Å². The van der Waals surface area contributed by atoms with Crippen LogP contribution in [0.1, 0.15) is 18.3 Å². The van der Waals surface area contributed by atoms with Crippen molar-refractivity contribution in [3.8, 4) is 0 Å². The second kappa shape index (κ2) is 6.38. The zero-order valence-electron chi connectivity index (χ0n) is 11.1. The van der Waals surface area contributed by atoms with Crippen LogP contribution < -0.4 is 5.32 Å². The summed E-state index contributed by atoms with van der Waals surface area (Å²) in [5.74, 6) is 0.887. The Labute approximate surface area is 121 Å². The first-order valence-electron chi connectivity index (χ1n) is 6.01. The third kappa shape index (κ3) is 4.21. The standard InChI is InChI=1S/C12H16N4OS2/c1-7-6-8(2)15-12(14-7)19-9(3)10(17)16-11-13-4-5-18-11/h6,9H,4-5H2,1-3H3,(H,13,16,17)/t9-/m1/s1. The maximum Gasteiger partial charge on any atom is 0.239 e. The van der Waals surface area contributed by atoms with E-state index in [-0.39, 0.29) is 11.2 Å². The van der Waals surface area contributed by atoms with Crippen LogP contribution in [-0.4, -0.2) is 38.6 Å². The van der Waals surface area contributed by atoms with Gasteiger partial charge in [0, 0.05) is 17.1 Å². The summed E-state index contributed by atoms with van der Waals surface area (Å²) in [7, 11) is 0. The molecule has 0 saturated heterocycles. The van der Waals surface area contributed by atoms with E-state index in [0.717, 1.165) is 28.9 Å². The molecular weight excluding hydrogens is 280 g/mol. The second-order valence-corrected chi connectivity index (χ2v) is 6.61. The van der Waals surface area contributed by atoms with Crippen molar-refractivity contribution in [2.75, 3.05) is 12.3 Å². The van der Waals surface area contributed by atoms with Crippen molar-refractivity contribution < 1.29 is 4.79 Å². The van der Waals surface area contributed by atoms with Gasteiger partial charge in [-0.15, -0.1) is 0 Å². The number of hydrogen-bond donors (Lipinski definition) is 1. The van der Waals surface area contributed by atoms with Crippen LogP contribution in [0.15, 0.2) is 16.2 Å². The van der Waals surface area contributed by atoms with Gasteiger partial charge in [-0.2, -0.15) is 0 Å². The van der Waals surface area contributed by atoms with Gasteiger partial charge in [-0.25, -0.2) is 9.97 Å². The SMILES string of the molecule is Cc1cc(C)nc(S[C@H](C)C(=O)NC2=NCCS2)n1. The summed E-state index contributed by atoms with van der Waals surface area (Å²) in [6, 6.07) is 1.92. The normalized spacial score (nSPS) is 16.1. The van der Waals surface area contributed by atoms with Crippen LogP contribution >= 0.6 is 23.5 Å². The Morgan fingerprint density at radius 3 is 2.68 bits per heavy atom. The minimum absolute atomic E-state index is 0.0547. The van der Waals surface area contributed by atoms with E-state index in [1.54, 1.807) is 11.8 Å². The van der Waals surface area contributed by atoms with E-state index in [4.69, 9.17) is 0 Å². The molecule has 5 nitrogen and oxygen atoms in total. The number of aromatic nitrogens is 2. The average Bonchev–Trinajstić information content (AvgIpc) is 2.80. The van der Waals surface area contributed by atoms with Gasteiger partial charge < -0.3 is 5.32 Å². The highest BCUT2D eigenvalue weighted by molar-refractivity contribution is 8.14. The highest BCUT2D eigenvalue weighted by Gasteiger charge is 2.19. The monoisotopic (exact) mass is 296 g/mol. The van der Waals surface area contributed by atoms with Crippen LogP contribution in [0, 0.1) is 13.8 Å². The Balaban J connectivity index is 1.95. The van der Waals surface area contributed by atoms with Crippen LogP contribution in [-0.2, 0) is 4.79 Å². The van der Waals surface area contributed by atoms with Gasteiger partial charge in [0.25, 0.3) is 0 Å². The van der Waals surface area contributed by atoms with Crippen molar-refractivity contribution in [2.24, 2.45) is 4.99 Å². The molecule has 0 bridgehead atoms. The van der Waals surface area contributed by atoms with Gasteiger partial charge in [-0.05, 0) is 26.8 Å². The van der Waals surface area contributed by atoms with Crippen LogP contribution in [0.25, 0.3) is 0 Å². The molecule has 1 aliphatic heterocycles. The zero-order valence-corrected chi connectivity index (χ0v) is 12.8. The molecule has 0 spiro atoms. The molecule has 19 heavy (non-hydrogen) atoms. The topological polar surface area (TPSA) is 67.2 Å². The fourth-order valence-corrected chi connectivity index (χ4v) is 3.18. The van der Waals surface area contributed by atoms with E-state index >= 15 is 0 Å². The number of aryl methyl sites for hydroxylation is 2. The molecule has 1 aromatic heterocycles. The largest absolute Gasteiger partial charge is 0.304 e. The molecule has 7 heteroatoms. The third-order valence-corrected chi connectivity index (χ3v) is 4.28. The lowest BCUT2D eigenvalue weighted by molar-refractivity contribution is -0.118. The molecule has 0 aliphatic carbocycles. The highest BCUT2D eigenvalue weighted by Crippen LogP contribution is 2.20. The number of carbonyl (C=O) groups excluding carboxylic acids is 1. The summed E-state index contributed by atoms with van der Waals surface area (Å²) in [5.41, 5.74) is 1.83. The number of aliphatic imine (C=N–C) groups is 1. The first-order chi connectivity index (χ1) is 9.04. The van der Waals surface area contributed by atoms with Crippen molar-refractivity contribution in [1.29, 1.82) is 0 Å². The Bertz CT molecular complexity index is 498. The highest BCUT2D eigenvalue weighted by atomic mass is 32.2. The number of nitrogens with zero attached hydrogens (tertiary/aromatic N) is 3. The maximum atomic E-state index is 12.0. The van der Waals surface area contributed by atoms with Crippen molar-refractivity contribution in [2.45, 2.75) is 31.2 Å². The molecule has 0 fully saturated rings. The predicted molar refractivity (Wildman–Crippen MR) is 79.7 cm³/mol. The Morgan fingerprint density at radius 1 is 1.42 bits per heavy atom. The van der Waals surface area contributed by atoms with Gasteiger partial charge in [0.2, 0.25) is 5.91 Å². The third-order valence-electron chi connectivity index (χ3n) is 2.43. The van der Waals surface area contributed by atoms with E-state index in [2.05, 4.69) is 20.3 Å². The van der Waals surface area contributed by atoms with E-state index in [9.17, 15) is 4.79 Å². The molecule has 2 rings (SSSR count). The van der Waals surface area contributed by atoms with E-state index in [1.807, 2.05) is 26.8 Å². The summed E-state index contributed by atoms with van der Waals surface area (Å²) < 4.78 is 0. The molecule has 0 unspecified atom stereocenters. The summed E-state index contributed by atoms with van der Waals surface area (Å²) in [5, 5.41) is 3.94. The molecule has 1 amide bonds. The number of carbonyl (C=O) groups is 1. The molecule has 1 atom stereocenters. The Hall–Kier alpha value is -1.08. The summed E-state index contributed by atoms with van der Waals surface area (Å²) in [4.78, 5) is 24.8. The molecule has 0 saturated carbocycles. The molecule has 1 N–H and O–H groups in total. The Kier molecular flexibility index (Phi) is 4.81. The summed E-state index contributed by atoms with van der Waals surface area (Å²) in [6.45, 7) is 6.48. The second-order valence-electron chi connectivity index (χ2n) is 4.22. The number of nitrogens with one attached hydrogen (secondary N) is 1. The summed E-state index contributed by atoms with van der Waals surface area (Å²) >= 11 is 2.94. The van der Waals surface area contributed by atoms with Crippen LogP contribution in [0.5, 0.6) is 0 Å². The number of rotatable bonds is 3. The number of amidine groups is 1. The van der Waals surface area contributed by atoms with Crippen LogP contribution in [0.2, 0.25) is 0 Å². The fourth-order valence-electron chi connectivity index (χ4n) is 1.58. The molecule has 0 aromatic carbocycles. The van der Waals surface area contributed by atoms with Crippen molar-refractivity contribution in [3.63, 3.8) is 0 Å². The first kappa shape index (κ1) is 14.3. The van der Waals surface area contributed by atoms with Crippen molar-refractivity contribution in [3.05, 3.63) is 17.5 Å². The van der Waals surface area contributed by atoms with Gasteiger partial charge >= 0.3 is 0 Å². The van der Waals surface area contributed by atoms with Crippen LogP contribution in [0.4, 0.5) is 0 Å². The number of hydrogen-bond acceptors (Lipinski definition) is 6. The average molecular weight is 296 g/mol. The lowest BCUT2D eigenvalue weighted by Gasteiger charge is -2.11. The molecule has 0 radical (unpaired) electrons. The number of thioether (sulfide) groups is 2. The molecule has 1 aromatic rings. The first-order valence-corrected chi connectivity index (χ1v) is 7.88. The van der Waals surface area contributed by atoms with Gasteiger partial charge in [0.05, 0.1) is 11.8 Å². The van der Waals surface area contributed by atoms with E-state index in [0.29, 0.717) is 5.16 Å². The lowest BCUT2D eigenvalue weighted by Crippen LogP contribution is -2.34. The van der Waals surface area contributed by atoms with E-state index < -0.39 is 0 Å². The molecule has 1 aliphatic rings. The Morgan fingerprint density at radius 2 is 2.11 bits per heavy atom. The maximum absolute atomic E-state index is 12.0. The minimum atomic E-state index is -0.245. The summed E-state index contributed by atoms with van der Waals surface area (Å²) in [6.07, 6.45) is 0. The smallest absolute Gasteiger partial charge is 0.239 e. The van der Waals surface area contributed by atoms with Gasteiger partial charge in [-0.3, -0.25) is 9.79 Å². The number of amides is 1. The molecule has 2 heterocycles. The van der Waals surface area contributed by atoms with Crippen LogP contribution in [0.3, 0.4) is 0 Å². The fraction of sp³-hybridized carbons (Fsp3) is 0.500. The van der Waals surface area contributed by atoms with Gasteiger partial charge in [0.15, 0.2) is 10.3 Å². The zero-order chi connectivity index (χ0) is 13.8. The quantitative estimate of drug-likeness (QED) is 0.680. The van der Waals surface area contributed by atoms with Crippen molar-refractivity contribution >= 4 is 34.6 Å². The molecular formula is C12H16N4OS2. The minimum Gasteiger partial charge on any atom is -0.304 e. The van der Waals surface area contributed by atoms with Crippen molar-refractivity contribution in [1.82, 2.24) is 15.3 Å². The van der Waals surface area contributed by atoms with Gasteiger partial charge in [0.1, 0.15) is 0 Å². The predicted octanol–water partition coefficient (Wildman–Crippen LogP) is 1.79.